The minimum absolute atomic E-state index is 0.675. The fourth-order valence-electron chi connectivity index (χ4n) is 3.66. The lowest BCUT2D eigenvalue weighted by atomic mass is 10.0. The van der Waals surface area contributed by atoms with E-state index in [1.807, 2.05) is 32.6 Å². The summed E-state index contributed by atoms with van der Waals surface area (Å²) in [5.74, 6) is 0. The summed E-state index contributed by atoms with van der Waals surface area (Å²) in [6.45, 7) is 1.59. The van der Waals surface area contributed by atoms with E-state index in [2.05, 4.69) is 33.2 Å². The fraction of sp³-hybridized carbons (Fsp3) is 0.316. The van der Waals surface area contributed by atoms with Gasteiger partial charge in [-0.2, -0.15) is 5.10 Å². The van der Waals surface area contributed by atoms with Crippen molar-refractivity contribution in [1.29, 1.82) is 0 Å². The number of aliphatic hydroxyl groups is 1. The minimum Gasteiger partial charge on any atom is -0.383 e. The Morgan fingerprint density at radius 3 is 2.88 bits per heavy atom. The smallest absolute Gasteiger partial charge is 0.181 e. The van der Waals surface area contributed by atoms with Crippen LogP contribution in [0.4, 0.5) is 0 Å². The molecule has 5 heterocycles. The van der Waals surface area contributed by atoms with E-state index in [9.17, 15) is 5.11 Å². The highest BCUT2D eigenvalue weighted by molar-refractivity contribution is 7.18. The predicted octanol–water partition coefficient (Wildman–Crippen LogP) is 2.77. The third-order valence-electron chi connectivity index (χ3n) is 5.05. The number of fused-ring (bicyclic) bond motifs is 2. The molecule has 0 spiro atoms. The summed E-state index contributed by atoms with van der Waals surface area (Å²) in [6.07, 6.45) is 4.54. The molecular formula is C19H19N5OS. The second kappa shape index (κ2) is 5.57. The first kappa shape index (κ1) is 15.9. The first-order valence-corrected chi connectivity index (χ1v) is 9.44. The normalized spacial score (nSPS) is 21.2. The van der Waals surface area contributed by atoms with Gasteiger partial charge in [0.1, 0.15) is 10.4 Å². The second-order valence-electron chi connectivity index (χ2n) is 7.16. The molecule has 0 bridgehead atoms. The lowest BCUT2D eigenvalue weighted by Gasteiger charge is -2.20. The summed E-state index contributed by atoms with van der Waals surface area (Å²) in [5.41, 5.74) is 1.85. The third-order valence-corrected chi connectivity index (χ3v) is 6.29. The molecule has 26 heavy (non-hydrogen) atoms. The standard InChI is InChI=1S/C19H19N5OS/c1-23-6-5-19(25,11-23)16-8-12-3-4-15(21-18(12)26-16)13-7-14-10-24(2)22-17(14)20-9-13/h3-4,7-10,25H,5-6,11H2,1-2H3. The van der Waals surface area contributed by atoms with Crippen LogP contribution < -0.4 is 0 Å². The molecule has 1 atom stereocenters. The molecule has 0 aliphatic carbocycles. The zero-order valence-electron chi connectivity index (χ0n) is 14.7. The Labute approximate surface area is 154 Å². The molecule has 6 nitrogen and oxygen atoms in total. The van der Waals surface area contributed by atoms with Crippen molar-refractivity contribution in [2.24, 2.45) is 7.05 Å². The van der Waals surface area contributed by atoms with E-state index >= 15 is 0 Å². The van der Waals surface area contributed by atoms with Gasteiger partial charge < -0.3 is 10.0 Å². The van der Waals surface area contributed by atoms with Gasteiger partial charge in [-0.05, 0) is 37.7 Å². The number of likely N-dealkylation sites (N-methyl/N-ethyl adjacent to an activating group) is 1. The van der Waals surface area contributed by atoms with Crippen LogP contribution in [0, 0.1) is 0 Å². The van der Waals surface area contributed by atoms with Gasteiger partial charge in [0, 0.05) is 53.7 Å². The van der Waals surface area contributed by atoms with E-state index < -0.39 is 5.60 Å². The molecule has 1 N–H and O–H groups in total. The molecule has 1 fully saturated rings. The maximum atomic E-state index is 11.0. The number of thiophene rings is 1. The van der Waals surface area contributed by atoms with Gasteiger partial charge in [-0.15, -0.1) is 11.3 Å². The molecule has 0 saturated carbocycles. The summed E-state index contributed by atoms with van der Waals surface area (Å²) >= 11 is 1.59. The molecule has 0 aromatic carbocycles. The van der Waals surface area contributed by atoms with Crippen molar-refractivity contribution in [3.8, 4) is 11.3 Å². The zero-order valence-corrected chi connectivity index (χ0v) is 15.5. The van der Waals surface area contributed by atoms with E-state index in [-0.39, 0.29) is 0 Å². The van der Waals surface area contributed by atoms with Gasteiger partial charge in [0.15, 0.2) is 5.65 Å². The lowest BCUT2D eigenvalue weighted by Crippen LogP contribution is -2.27. The van der Waals surface area contributed by atoms with Gasteiger partial charge >= 0.3 is 0 Å². The van der Waals surface area contributed by atoms with Crippen LogP contribution in [0.15, 0.2) is 36.7 Å². The number of aryl methyl sites for hydroxylation is 1. The average Bonchev–Trinajstić information content (AvgIpc) is 3.29. The van der Waals surface area contributed by atoms with Crippen LogP contribution in [-0.2, 0) is 12.6 Å². The molecule has 4 aromatic heterocycles. The number of β-amino-alcohol motifs (C(OH)–C–C–N with tert-alkyl or cyclic N) is 1. The first-order chi connectivity index (χ1) is 12.5. The van der Waals surface area contributed by atoms with Crippen molar-refractivity contribution < 1.29 is 5.11 Å². The van der Waals surface area contributed by atoms with Crippen LogP contribution in [0.3, 0.4) is 0 Å². The molecule has 1 aliphatic heterocycles. The summed E-state index contributed by atoms with van der Waals surface area (Å²) in [6, 6.07) is 8.24. The molecule has 1 saturated heterocycles. The highest BCUT2D eigenvalue weighted by Crippen LogP contribution is 2.38. The SMILES string of the molecule is CN1CCC(O)(c2cc3ccc(-c4cnc5nn(C)cc5c4)nc3s2)C1. The Bertz CT molecular complexity index is 1130. The van der Waals surface area contributed by atoms with Gasteiger partial charge in [0.05, 0.1) is 5.69 Å². The van der Waals surface area contributed by atoms with Gasteiger partial charge in [0.2, 0.25) is 0 Å². The topological polar surface area (TPSA) is 67.1 Å². The summed E-state index contributed by atoms with van der Waals surface area (Å²) in [5, 5.41) is 17.4. The number of nitrogens with zero attached hydrogens (tertiary/aromatic N) is 5. The van der Waals surface area contributed by atoms with Crippen molar-refractivity contribution in [1.82, 2.24) is 24.6 Å². The maximum Gasteiger partial charge on any atom is 0.181 e. The molecule has 4 aromatic rings. The molecule has 7 heteroatoms. The number of aromatic nitrogens is 4. The van der Waals surface area contributed by atoms with Crippen LogP contribution in [-0.4, -0.2) is 49.9 Å². The van der Waals surface area contributed by atoms with Crippen LogP contribution in [0.1, 0.15) is 11.3 Å². The molecule has 5 rings (SSSR count). The van der Waals surface area contributed by atoms with Crippen molar-refractivity contribution in [2.75, 3.05) is 20.1 Å². The van der Waals surface area contributed by atoms with E-state index in [1.165, 1.54) is 0 Å². The average molecular weight is 365 g/mol. The van der Waals surface area contributed by atoms with E-state index in [4.69, 9.17) is 4.98 Å². The second-order valence-corrected chi connectivity index (χ2v) is 8.19. The van der Waals surface area contributed by atoms with E-state index in [0.717, 1.165) is 50.4 Å². The van der Waals surface area contributed by atoms with Gasteiger partial charge in [-0.25, -0.2) is 9.97 Å². The van der Waals surface area contributed by atoms with Crippen molar-refractivity contribution in [3.63, 3.8) is 0 Å². The predicted molar refractivity (Wildman–Crippen MR) is 103 cm³/mol. The number of rotatable bonds is 2. The molecule has 1 unspecified atom stereocenters. The van der Waals surface area contributed by atoms with Crippen LogP contribution in [0.5, 0.6) is 0 Å². The van der Waals surface area contributed by atoms with Crippen molar-refractivity contribution in [3.05, 3.63) is 41.5 Å². The zero-order chi connectivity index (χ0) is 17.9. The number of pyridine rings is 2. The summed E-state index contributed by atoms with van der Waals surface area (Å²) in [7, 11) is 3.94. The van der Waals surface area contributed by atoms with Gasteiger partial charge in [-0.1, -0.05) is 0 Å². The largest absolute Gasteiger partial charge is 0.383 e. The Morgan fingerprint density at radius 1 is 1.19 bits per heavy atom. The minimum atomic E-state index is -0.754. The Morgan fingerprint density at radius 2 is 2.08 bits per heavy atom. The third kappa shape index (κ3) is 2.51. The number of hydrogen-bond acceptors (Lipinski definition) is 6. The maximum absolute atomic E-state index is 11.0. The summed E-state index contributed by atoms with van der Waals surface area (Å²) < 4.78 is 1.77. The quantitative estimate of drug-likeness (QED) is 0.592. The monoisotopic (exact) mass is 365 g/mol. The summed E-state index contributed by atoms with van der Waals surface area (Å²) in [4.78, 5) is 13.4. The van der Waals surface area contributed by atoms with E-state index in [1.54, 1.807) is 16.0 Å². The molecule has 0 radical (unpaired) electrons. The van der Waals surface area contributed by atoms with Crippen LogP contribution >= 0.6 is 11.3 Å². The molecular weight excluding hydrogens is 346 g/mol. The fourth-order valence-corrected chi connectivity index (χ4v) is 4.80. The molecule has 0 amide bonds. The molecule has 1 aliphatic rings. The van der Waals surface area contributed by atoms with E-state index in [0.29, 0.717) is 6.54 Å². The Kier molecular flexibility index (Phi) is 3.40. The Balaban J connectivity index is 1.56. The van der Waals surface area contributed by atoms with Crippen LogP contribution in [0.25, 0.3) is 32.5 Å². The highest BCUT2D eigenvalue weighted by Gasteiger charge is 2.37. The van der Waals surface area contributed by atoms with Crippen LogP contribution in [0.2, 0.25) is 0 Å². The number of likely N-dealkylation sites (tertiary alicyclic amines) is 1. The van der Waals surface area contributed by atoms with Gasteiger partial charge in [-0.3, -0.25) is 4.68 Å². The van der Waals surface area contributed by atoms with Crippen molar-refractivity contribution >= 4 is 32.6 Å². The molecule has 132 valence electrons. The lowest BCUT2D eigenvalue weighted by molar-refractivity contribution is 0.0527. The van der Waals surface area contributed by atoms with Gasteiger partial charge in [0.25, 0.3) is 0 Å². The number of hydrogen-bond donors (Lipinski definition) is 1. The van der Waals surface area contributed by atoms with Crippen molar-refractivity contribution in [2.45, 2.75) is 12.0 Å². The highest BCUT2D eigenvalue weighted by atomic mass is 32.1. The first-order valence-electron chi connectivity index (χ1n) is 8.62. The Hall–Kier alpha value is -2.35.